The van der Waals surface area contributed by atoms with Crippen LogP contribution in [0.15, 0.2) is 6.33 Å². The Morgan fingerprint density at radius 1 is 1.26 bits per heavy atom. The first-order chi connectivity index (χ1) is 9.06. The highest BCUT2D eigenvalue weighted by molar-refractivity contribution is 5.55. The molecule has 1 heterocycles. The molecule has 19 heavy (non-hydrogen) atoms. The van der Waals surface area contributed by atoms with Gasteiger partial charge in [0, 0.05) is 0 Å². The van der Waals surface area contributed by atoms with Crippen LogP contribution in [-0.4, -0.2) is 22.2 Å². The zero-order valence-electron chi connectivity index (χ0n) is 11.9. The summed E-state index contributed by atoms with van der Waals surface area (Å²) in [6, 6.07) is 0. The second kappa shape index (κ2) is 6.08. The highest BCUT2D eigenvalue weighted by Gasteiger charge is 2.22. The fourth-order valence-corrected chi connectivity index (χ4v) is 2.42. The molecule has 0 spiro atoms. The van der Waals surface area contributed by atoms with Crippen molar-refractivity contribution in [1.82, 2.24) is 9.97 Å². The Hall–Kier alpha value is -1.52. The van der Waals surface area contributed by atoms with Gasteiger partial charge in [-0.1, -0.05) is 13.3 Å². The largest absolute Gasteiger partial charge is 0.473 e. The molecule has 0 aliphatic heterocycles. The quantitative estimate of drug-likeness (QED) is 0.906. The molecular weight excluding hydrogens is 242 g/mol. The van der Waals surface area contributed by atoms with Crippen LogP contribution in [0.5, 0.6) is 11.8 Å². The normalized spacial score (nSPS) is 23.4. The van der Waals surface area contributed by atoms with Gasteiger partial charge in [0.2, 0.25) is 11.8 Å². The lowest BCUT2D eigenvalue weighted by molar-refractivity contribution is 0.123. The van der Waals surface area contributed by atoms with E-state index in [0.29, 0.717) is 23.4 Å². The predicted molar refractivity (Wildman–Crippen MR) is 74.3 cm³/mol. The van der Waals surface area contributed by atoms with E-state index < -0.39 is 0 Å². The molecule has 5 heteroatoms. The average molecular weight is 265 g/mol. The minimum Gasteiger partial charge on any atom is -0.473 e. The Bertz CT molecular complexity index is 423. The Labute approximate surface area is 114 Å². The number of aromatic nitrogens is 2. The van der Waals surface area contributed by atoms with Gasteiger partial charge in [0.05, 0.1) is 6.10 Å². The molecule has 0 aromatic carbocycles. The molecule has 2 N–H and O–H groups in total. The van der Waals surface area contributed by atoms with Crippen LogP contribution in [0, 0.1) is 5.92 Å². The van der Waals surface area contributed by atoms with Crippen molar-refractivity contribution in [3.63, 3.8) is 0 Å². The van der Waals surface area contributed by atoms with Gasteiger partial charge in [-0.3, -0.25) is 0 Å². The highest BCUT2D eigenvalue weighted by Crippen LogP contribution is 2.32. The molecule has 2 atom stereocenters. The van der Waals surface area contributed by atoms with Crippen molar-refractivity contribution in [3.05, 3.63) is 6.33 Å². The van der Waals surface area contributed by atoms with Gasteiger partial charge < -0.3 is 15.2 Å². The number of ether oxygens (including phenoxy) is 2. The van der Waals surface area contributed by atoms with Gasteiger partial charge in [-0.15, -0.1) is 0 Å². The molecule has 2 unspecified atom stereocenters. The van der Waals surface area contributed by atoms with Crippen molar-refractivity contribution in [2.24, 2.45) is 5.92 Å². The molecular formula is C14H23N3O2. The zero-order chi connectivity index (χ0) is 13.8. The number of hydrogen-bond donors (Lipinski definition) is 1. The topological polar surface area (TPSA) is 70.3 Å². The zero-order valence-corrected chi connectivity index (χ0v) is 11.9. The summed E-state index contributed by atoms with van der Waals surface area (Å²) < 4.78 is 11.5. The summed E-state index contributed by atoms with van der Waals surface area (Å²) in [6.45, 7) is 6.13. The van der Waals surface area contributed by atoms with E-state index in [9.17, 15) is 0 Å². The summed E-state index contributed by atoms with van der Waals surface area (Å²) in [5.74, 6) is 1.56. The number of rotatable bonds is 4. The first-order valence-electron chi connectivity index (χ1n) is 7.00. The van der Waals surface area contributed by atoms with Crippen molar-refractivity contribution in [2.75, 3.05) is 5.73 Å². The van der Waals surface area contributed by atoms with Crippen LogP contribution in [0.2, 0.25) is 0 Å². The molecule has 0 saturated heterocycles. The van der Waals surface area contributed by atoms with E-state index in [-0.39, 0.29) is 12.2 Å². The number of nitrogens with zero attached hydrogens (tertiary/aromatic N) is 2. The first kappa shape index (κ1) is 13.9. The lowest BCUT2D eigenvalue weighted by Gasteiger charge is -2.27. The van der Waals surface area contributed by atoms with Gasteiger partial charge >= 0.3 is 0 Å². The van der Waals surface area contributed by atoms with Crippen LogP contribution in [0.4, 0.5) is 5.69 Å². The Balaban J connectivity index is 2.07. The van der Waals surface area contributed by atoms with E-state index in [1.54, 1.807) is 0 Å². The summed E-state index contributed by atoms with van der Waals surface area (Å²) >= 11 is 0. The Kier molecular flexibility index (Phi) is 4.45. The van der Waals surface area contributed by atoms with Gasteiger partial charge in [-0.2, -0.15) is 9.97 Å². The van der Waals surface area contributed by atoms with E-state index in [2.05, 4.69) is 16.9 Å². The maximum Gasteiger partial charge on any atom is 0.244 e. The Morgan fingerprint density at radius 3 is 2.68 bits per heavy atom. The van der Waals surface area contributed by atoms with E-state index in [1.807, 2.05) is 13.8 Å². The van der Waals surface area contributed by atoms with Crippen molar-refractivity contribution in [2.45, 2.75) is 58.7 Å². The fraction of sp³-hybridized carbons (Fsp3) is 0.714. The molecule has 2 rings (SSSR count). The molecule has 106 valence electrons. The maximum atomic E-state index is 6.01. The van der Waals surface area contributed by atoms with Gasteiger partial charge in [0.1, 0.15) is 12.4 Å². The van der Waals surface area contributed by atoms with Gasteiger partial charge in [-0.05, 0) is 39.0 Å². The third kappa shape index (κ3) is 3.72. The van der Waals surface area contributed by atoms with Crippen LogP contribution >= 0.6 is 0 Å². The van der Waals surface area contributed by atoms with Crippen LogP contribution in [0.1, 0.15) is 46.5 Å². The summed E-state index contributed by atoms with van der Waals surface area (Å²) in [4.78, 5) is 8.18. The number of hydrogen-bond acceptors (Lipinski definition) is 5. The molecule has 1 aromatic heterocycles. The lowest BCUT2D eigenvalue weighted by Crippen LogP contribution is -2.25. The first-order valence-corrected chi connectivity index (χ1v) is 7.00. The average Bonchev–Trinajstić information content (AvgIpc) is 2.34. The van der Waals surface area contributed by atoms with E-state index >= 15 is 0 Å². The van der Waals surface area contributed by atoms with Crippen molar-refractivity contribution < 1.29 is 9.47 Å². The minimum absolute atomic E-state index is 0.0275. The van der Waals surface area contributed by atoms with Crippen LogP contribution in [-0.2, 0) is 0 Å². The highest BCUT2D eigenvalue weighted by atomic mass is 16.5. The number of nitrogen functional groups attached to an aromatic ring is 1. The van der Waals surface area contributed by atoms with E-state index in [4.69, 9.17) is 15.2 Å². The summed E-state index contributed by atoms with van der Waals surface area (Å²) in [5.41, 5.74) is 6.41. The summed E-state index contributed by atoms with van der Waals surface area (Å²) in [6.07, 6.45) is 6.27. The molecule has 0 amide bonds. The third-order valence-electron chi connectivity index (χ3n) is 3.32. The van der Waals surface area contributed by atoms with Gasteiger partial charge in [-0.25, -0.2) is 0 Å². The lowest BCUT2D eigenvalue weighted by atomic mass is 9.89. The van der Waals surface area contributed by atoms with Crippen LogP contribution in [0.25, 0.3) is 0 Å². The van der Waals surface area contributed by atoms with E-state index in [1.165, 1.54) is 19.2 Å². The smallest absolute Gasteiger partial charge is 0.244 e. The van der Waals surface area contributed by atoms with E-state index in [0.717, 1.165) is 12.8 Å². The molecule has 1 saturated carbocycles. The predicted octanol–water partition coefficient (Wildman–Crippen LogP) is 2.80. The van der Waals surface area contributed by atoms with Crippen molar-refractivity contribution in [1.29, 1.82) is 0 Å². The molecule has 1 aliphatic rings. The van der Waals surface area contributed by atoms with Crippen molar-refractivity contribution in [3.8, 4) is 11.8 Å². The second-order valence-electron chi connectivity index (χ2n) is 5.58. The fourth-order valence-electron chi connectivity index (χ4n) is 2.42. The third-order valence-corrected chi connectivity index (χ3v) is 3.32. The standard InChI is InChI=1S/C14H23N3O2/c1-9(2)18-13-12(15)14(17-8-16-13)19-11-6-4-5-10(3)7-11/h8-11H,4-7,15H2,1-3H3. The number of anilines is 1. The van der Waals surface area contributed by atoms with Gasteiger partial charge in [0.15, 0.2) is 5.69 Å². The number of nitrogens with two attached hydrogens (primary N) is 1. The molecule has 1 aliphatic carbocycles. The second-order valence-corrected chi connectivity index (χ2v) is 5.58. The minimum atomic E-state index is 0.0275. The molecule has 0 radical (unpaired) electrons. The summed E-state index contributed by atoms with van der Waals surface area (Å²) in [7, 11) is 0. The molecule has 1 fully saturated rings. The molecule has 5 nitrogen and oxygen atoms in total. The monoisotopic (exact) mass is 265 g/mol. The Morgan fingerprint density at radius 2 is 2.00 bits per heavy atom. The molecule has 1 aromatic rings. The van der Waals surface area contributed by atoms with Crippen molar-refractivity contribution >= 4 is 5.69 Å². The maximum absolute atomic E-state index is 6.01. The summed E-state index contributed by atoms with van der Waals surface area (Å²) in [5, 5.41) is 0. The van der Waals surface area contributed by atoms with Gasteiger partial charge in [0.25, 0.3) is 0 Å². The van der Waals surface area contributed by atoms with Crippen LogP contribution in [0.3, 0.4) is 0 Å². The SMILES string of the molecule is CC1CCCC(Oc2ncnc(OC(C)C)c2N)C1. The van der Waals surface area contributed by atoms with Crippen LogP contribution < -0.4 is 15.2 Å². The molecule has 0 bridgehead atoms.